The Morgan fingerprint density at radius 2 is 1.96 bits per heavy atom. The monoisotopic (exact) mass is 375 g/mol. The van der Waals surface area contributed by atoms with Gasteiger partial charge in [0.2, 0.25) is 15.9 Å². The number of rotatable bonds is 6. The average molecular weight is 376 g/mol. The number of sulfonamides is 1. The van der Waals surface area contributed by atoms with Gasteiger partial charge in [-0.2, -0.15) is 4.31 Å². The Kier molecular flexibility index (Phi) is 6.45. The third-order valence-corrected chi connectivity index (χ3v) is 5.99. The van der Waals surface area contributed by atoms with Crippen LogP contribution in [0.4, 0.5) is 5.69 Å². The molecule has 1 aliphatic heterocycles. The fraction of sp³-hybridized carbons (Fsp3) is 0.533. The summed E-state index contributed by atoms with van der Waals surface area (Å²) in [6, 6.07) is 4.85. The topological polar surface area (TPSA) is 78.9 Å². The summed E-state index contributed by atoms with van der Waals surface area (Å²) in [6.07, 6.45) is -0.121. The van der Waals surface area contributed by atoms with E-state index in [0.29, 0.717) is 42.6 Å². The summed E-state index contributed by atoms with van der Waals surface area (Å²) in [7, 11) is 0.00757. The number of carbonyl (C=O) groups excluding carboxylic acids is 1. The Morgan fingerprint density at radius 1 is 1.29 bits per heavy atom. The number of benzene rings is 1. The van der Waals surface area contributed by atoms with Crippen molar-refractivity contribution in [2.24, 2.45) is 0 Å². The number of hydrogen-bond acceptors (Lipinski definition) is 5. The largest absolute Gasteiger partial charge is 0.495 e. The molecule has 0 unspecified atom stereocenters. The number of halogens is 1. The van der Waals surface area contributed by atoms with Crippen molar-refractivity contribution in [2.75, 3.05) is 51.4 Å². The van der Waals surface area contributed by atoms with E-state index in [-0.39, 0.29) is 12.2 Å². The molecule has 134 valence electrons. The molecule has 0 atom stereocenters. The highest BCUT2D eigenvalue weighted by atomic mass is 35.5. The first-order valence-electron chi connectivity index (χ1n) is 7.61. The highest BCUT2D eigenvalue weighted by Gasteiger charge is 2.26. The van der Waals surface area contributed by atoms with Crippen molar-refractivity contribution in [2.45, 2.75) is 6.42 Å². The van der Waals surface area contributed by atoms with Gasteiger partial charge in [-0.05, 0) is 25.2 Å². The van der Waals surface area contributed by atoms with Crippen LogP contribution in [-0.4, -0.2) is 69.6 Å². The second-order valence-corrected chi connectivity index (χ2v) is 8.19. The smallest absolute Gasteiger partial charge is 0.225 e. The van der Waals surface area contributed by atoms with Gasteiger partial charge in [0.25, 0.3) is 0 Å². The minimum Gasteiger partial charge on any atom is -0.495 e. The first-order valence-corrected chi connectivity index (χ1v) is 9.60. The quantitative estimate of drug-likeness (QED) is 0.809. The van der Waals surface area contributed by atoms with Crippen molar-refractivity contribution in [1.29, 1.82) is 0 Å². The van der Waals surface area contributed by atoms with Gasteiger partial charge >= 0.3 is 0 Å². The van der Waals surface area contributed by atoms with E-state index in [0.717, 1.165) is 0 Å². The van der Waals surface area contributed by atoms with Crippen molar-refractivity contribution in [3.63, 3.8) is 0 Å². The summed E-state index contributed by atoms with van der Waals surface area (Å²) in [4.78, 5) is 14.1. The number of anilines is 1. The second kappa shape index (κ2) is 8.15. The van der Waals surface area contributed by atoms with Crippen LogP contribution in [0, 0.1) is 0 Å². The van der Waals surface area contributed by atoms with Crippen LogP contribution < -0.4 is 10.1 Å². The van der Waals surface area contributed by atoms with Crippen LogP contribution in [-0.2, 0) is 14.8 Å². The number of amides is 1. The molecule has 1 aliphatic rings. The molecule has 1 amide bonds. The number of nitrogens with zero attached hydrogens (tertiary/aromatic N) is 2. The summed E-state index contributed by atoms with van der Waals surface area (Å²) in [5.41, 5.74) is 0.423. The third kappa shape index (κ3) is 5.07. The molecule has 1 fully saturated rings. The van der Waals surface area contributed by atoms with Gasteiger partial charge in [-0.3, -0.25) is 4.79 Å². The lowest BCUT2D eigenvalue weighted by Gasteiger charge is -2.31. The molecule has 0 bridgehead atoms. The normalized spacial score (nSPS) is 16.8. The zero-order valence-electron chi connectivity index (χ0n) is 13.8. The number of likely N-dealkylation sites (N-methyl/N-ethyl adjacent to an activating group) is 1. The van der Waals surface area contributed by atoms with E-state index in [4.69, 9.17) is 16.3 Å². The number of methoxy groups -OCH3 is 1. The van der Waals surface area contributed by atoms with Gasteiger partial charge in [0.1, 0.15) is 5.75 Å². The number of hydrogen-bond donors (Lipinski definition) is 1. The predicted octanol–water partition coefficient (Wildman–Crippen LogP) is 1.25. The lowest BCUT2D eigenvalue weighted by Crippen LogP contribution is -2.48. The Labute approximate surface area is 147 Å². The van der Waals surface area contributed by atoms with Crippen LogP contribution in [0.3, 0.4) is 0 Å². The SMILES string of the molecule is COc1ccc(Cl)cc1NC(=O)CCS(=O)(=O)N1CCN(C)CC1. The molecule has 1 aromatic rings. The van der Waals surface area contributed by atoms with Crippen molar-refractivity contribution in [3.8, 4) is 5.75 Å². The molecule has 24 heavy (non-hydrogen) atoms. The number of ether oxygens (including phenoxy) is 1. The zero-order chi connectivity index (χ0) is 17.7. The van der Waals surface area contributed by atoms with Gasteiger partial charge < -0.3 is 15.0 Å². The summed E-state index contributed by atoms with van der Waals surface area (Å²) in [5, 5.41) is 3.10. The number of carbonyl (C=O) groups is 1. The van der Waals surface area contributed by atoms with Crippen LogP contribution >= 0.6 is 11.6 Å². The molecule has 2 rings (SSSR count). The van der Waals surface area contributed by atoms with E-state index in [9.17, 15) is 13.2 Å². The second-order valence-electron chi connectivity index (χ2n) is 5.66. The van der Waals surface area contributed by atoms with Gasteiger partial charge in [0.05, 0.1) is 18.6 Å². The van der Waals surface area contributed by atoms with Crippen molar-refractivity contribution >= 4 is 33.2 Å². The summed E-state index contributed by atoms with van der Waals surface area (Å²) >= 11 is 5.91. The molecule has 0 aromatic heterocycles. The molecule has 1 saturated heterocycles. The van der Waals surface area contributed by atoms with E-state index < -0.39 is 15.9 Å². The van der Waals surface area contributed by atoms with Crippen LogP contribution in [0.15, 0.2) is 18.2 Å². The van der Waals surface area contributed by atoms with Crippen LogP contribution in [0.5, 0.6) is 5.75 Å². The third-order valence-electron chi connectivity index (χ3n) is 3.88. The standard InChI is InChI=1S/C15H22ClN3O4S/c1-18-6-8-19(9-7-18)24(21,22)10-5-15(20)17-13-11-12(16)3-4-14(13)23-2/h3-4,11H,5-10H2,1-2H3,(H,17,20). The molecular weight excluding hydrogens is 354 g/mol. The van der Waals surface area contributed by atoms with Crippen LogP contribution in [0.2, 0.25) is 5.02 Å². The first kappa shape index (κ1) is 19.0. The molecule has 1 aromatic carbocycles. The fourth-order valence-corrected chi connectivity index (χ4v) is 4.00. The predicted molar refractivity (Wildman–Crippen MR) is 94.1 cm³/mol. The van der Waals surface area contributed by atoms with Crippen molar-refractivity contribution < 1.29 is 17.9 Å². The number of piperazine rings is 1. The maximum atomic E-state index is 12.3. The van der Waals surface area contributed by atoms with Gasteiger partial charge in [-0.15, -0.1) is 0 Å². The summed E-state index contributed by atoms with van der Waals surface area (Å²) in [5.74, 6) is -0.145. The van der Waals surface area contributed by atoms with Crippen molar-refractivity contribution in [1.82, 2.24) is 9.21 Å². The Hall–Kier alpha value is -1.35. The van der Waals surface area contributed by atoms with Gasteiger partial charge in [0.15, 0.2) is 0 Å². The van der Waals surface area contributed by atoms with Crippen LogP contribution in [0.1, 0.15) is 6.42 Å². The minimum atomic E-state index is -3.43. The zero-order valence-corrected chi connectivity index (χ0v) is 15.4. The minimum absolute atomic E-state index is 0.121. The van der Waals surface area contributed by atoms with Crippen molar-refractivity contribution in [3.05, 3.63) is 23.2 Å². The van der Waals surface area contributed by atoms with E-state index in [1.165, 1.54) is 11.4 Å². The fourth-order valence-electron chi connectivity index (χ4n) is 2.41. The molecule has 1 heterocycles. The molecule has 0 saturated carbocycles. The lowest BCUT2D eigenvalue weighted by atomic mass is 10.3. The Morgan fingerprint density at radius 3 is 2.58 bits per heavy atom. The Balaban J connectivity index is 1.92. The molecule has 7 nitrogen and oxygen atoms in total. The molecule has 9 heteroatoms. The molecule has 0 radical (unpaired) electrons. The number of nitrogens with one attached hydrogen (secondary N) is 1. The molecule has 0 spiro atoms. The maximum Gasteiger partial charge on any atom is 0.225 e. The highest BCUT2D eigenvalue weighted by molar-refractivity contribution is 7.89. The van der Waals surface area contributed by atoms with Crippen LogP contribution in [0.25, 0.3) is 0 Å². The lowest BCUT2D eigenvalue weighted by molar-refractivity contribution is -0.115. The van der Waals surface area contributed by atoms with Gasteiger partial charge in [-0.25, -0.2) is 8.42 Å². The van der Waals surface area contributed by atoms with E-state index in [1.54, 1.807) is 18.2 Å². The summed E-state index contributed by atoms with van der Waals surface area (Å²) in [6.45, 7) is 2.32. The molecule has 1 N–H and O–H groups in total. The van der Waals surface area contributed by atoms with Gasteiger partial charge in [0, 0.05) is 37.6 Å². The Bertz CT molecular complexity index is 688. The van der Waals surface area contributed by atoms with E-state index >= 15 is 0 Å². The highest BCUT2D eigenvalue weighted by Crippen LogP contribution is 2.27. The van der Waals surface area contributed by atoms with E-state index in [1.807, 2.05) is 7.05 Å². The summed E-state index contributed by atoms with van der Waals surface area (Å²) < 4.78 is 31.2. The van der Waals surface area contributed by atoms with E-state index in [2.05, 4.69) is 10.2 Å². The van der Waals surface area contributed by atoms with Gasteiger partial charge in [-0.1, -0.05) is 11.6 Å². The average Bonchev–Trinajstić information content (AvgIpc) is 2.54. The molecular formula is C15H22ClN3O4S. The first-order chi connectivity index (χ1) is 11.3. The maximum absolute atomic E-state index is 12.3. The molecule has 0 aliphatic carbocycles.